The molecule has 0 bridgehead atoms. The number of rotatable bonds is 7. The second kappa shape index (κ2) is 9.76. The molecule has 0 aliphatic carbocycles. The Labute approximate surface area is 179 Å². The molecule has 0 radical (unpaired) electrons. The van der Waals surface area contributed by atoms with Crippen molar-refractivity contribution in [2.24, 2.45) is 0 Å². The number of hydrogen-bond acceptors (Lipinski definition) is 5. The maximum Gasteiger partial charge on any atom is 0.345 e. The van der Waals surface area contributed by atoms with Gasteiger partial charge in [-0.05, 0) is 48.6 Å². The summed E-state index contributed by atoms with van der Waals surface area (Å²) in [4.78, 5) is 25.2. The maximum absolute atomic E-state index is 12.7. The predicted molar refractivity (Wildman–Crippen MR) is 116 cm³/mol. The Morgan fingerprint density at radius 3 is 2.30 bits per heavy atom. The number of hydrogen-bond donors (Lipinski definition) is 0. The van der Waals surface area contributed by atoms with E-state index in [2.05, 4.69) is 0 Å². The van der Waals surface area contributed by atoms with Gasteiger partial charge in [0.15, 0.2) is 5.78 Å². The van der Waals surface area contributed by atoms with Crippen molar-refractivity contribution in [3.05, 3.63) is 94.5 Å². The van der Waals surface area contributed by atoms with Gasteiger partial charge in [-0.15, -0.1) is 0 Å². The summed E-state index contributed by atoms with van der Waals surface area (Å²) < 4.78 is 15.9. The summed E-state index contributed by atoms with van der Waals surface area (Å²) in [5, 5.41) is 0.302. The molecule has 30 heavy (non-hydrogen) atoms. The first-order valence-electron chi connectivity index (χ1n) is 9.03. The summed E-state index contributed by atoms with van der Waals surface area (Å²) in [7, 11) is 3.02. The fraction of sp³-hybridized carbons (Fsp3) is 0.0833. The average molecular weight is 423 g/mol. The normalized spacial score (nSPS) is 10.6. The molecule has 152 valence electrons. The van der Waals surface area contributed by atoms with E-state index in [1.807, 2.05) is 0 Å². The molecular formula is C24H19ClO5. The molecule has 0 saturated heterocycles. The molecule has 0 aliphatic heterocycles. The number of ether oxygens (including phenoxy) is 3. The Hall–Kier alpha value is -3.57. The minimum absolute atomic E-state index is 0.259. The van der Waals surface area contributed by atoms with Gasteiger partial charge in [-0.1, -0.05) is 41.9 Å². The molecule has 0 N–H and O–H groups in total. The third-order valence-corrected chi connectivity index (χ3v) is 4.63. The monoisotopic (exact) mass is 422 g/mol. The van der Waals surface area contributed by atoms with Crippen molar-refractivity contribution in [2.75, 3.05) is 14.2 Å². The van der Waals surface area contributed by atoms with Crippen LogP contribution >= 0.6 is 11.6 Å². The van der Waals surface area contributed by atoms with Gasteiger partial charge in [-0.3, -0.25) is 4.79 Å². The molecule has 0 spiro atoms. The van der Waals surface area contributed by atoms with Crippen molar-refractivity contribution in [1.82, 2.24) is 0 Å². The van der Waals surface area contributed by atoms with E-state index in [4.69, 9.17) is 25.8 Å². The second-order valence-corrected chi connectivity index (χ2v) is 6.58. The molecular weight excluding hydrogens is 404 g/mol. The van der Waals surface area contributed by atoms with Crippen molar-refractivity contribution in [1.29, 1.82) is 0 Å². The maximum atomic E-state index is 12.7. The molecule has 3 aromatic carbocycles. The second-order valence-electron chi connectivity index (χ2n) is 6.17. The summed E-state index contributed by atoms with van der Waals surface area (Å²) in [6.45, 7) is 0. The van der Waals surface area contributed by atoms with Gasteiger partial charge in [0.1, 0.15) is 17.2 Å². The summed E-state index contributed by atoms with van der Waals surface area (Å²) >= 11 is 6.07. The highest BCUT2D eigenvalue weighted by Crippen LogP contribution is 2.26. The van der Waals surface area contributed by atoms with Gasteiger partial charge in [0.25, 0.3) is 0 Å². The molecule has 6 heteroatoms. The molecule has 0 unspecified atom stereocenters. The van der Waals surface area contributed by atoms with E-state index in [1.165, 1.54) is 20.3 Å². The Morgan fingerprint density at radius 2 is 1.57 bits per heavy atom. The van der Waals surface area contributed by atoms with Crippen LogP contribution < -0.4 is 14.2 Å². The Balaban J connectivity index is 1.84. The summed E-state index contributed by atoms with van der Waals surface area (Å²) in [5.41, 5.74) is 1.18. The minimum Gasteiger partial charge on any atom is -0.497 e. The number of methoxy groups -OCH3 is 2. The van der Waals surface area contributed by atoms with Gasteiger partial charge in [0, 0.05) is 5.56 Å². The van der Waals surface area contributed by atoms with Crippen LogP contribution in [0.2, 0.25) is 5.02 Å². The Kier molecular flexibility index (Phi) is 6.88. The first-order valence-corrected chi connectivity index (χ1v) is 9.41. The standard InChI is InChI=1S/C24H19ClO5/c1-28-17-12-14-23(29-2)19(15-17)21(26)13-11-16-7-3-6-10-22(16)30-24(27)18-8-4-5-9-20(18)25/h3-15H,1-2H3/b13-11+. The smallest absolute Gasteiger partial charge is 0.345 e. The van der Waals surface area contributed by atoms with E-state index in [0.717, 1.165) is 0 Å². The van der Waals surface area contributed by atoms with E-state index < -0.39 is 5.97 Å². The van der Waals surface area contributed by atoms with Crippen molar-refractivity contribution < 1.29 is 23.8 Å². The SMILES string of the molecule is COc1ccc(OC)c(C(=O)/C=C/c2ccccc2OC(=O)c2ccccc2Cl)c1. The topological polar surface area (TPSA) is 61.8 Å². The van der Waals surface area contributed by atoms with Crippen LogP contribution in [0, 0.1) is 0 Å². The number of benzene rings is 3. The molecule has 0 atom stereocenters. The molecule has 0 aromatic heterocycles. The lowest BCUT2D eigenvalue weighted by Gasteiger charge is -2.09. The number of allylic oxidation sites excluding steroid dienone is 1. The Bertz CT molecular complexity index is 1100. The molecule has 0 heterocycles. The van der Waals surface area contributed by atoms with Gasteiger partial charge in [-0.2, -0.15) is 0 Å². The first kappa shape index (κ1) is 21.1. The molecule has 3 rings (SSSR count). The van der Waals surface area contributed by atoms with Crippen molar-refractivity contribution in [3.8, 4) is 17.2 Å². The molecule has 0 saturated carbocycles. The number of esters is 1. The van der Waals surface area contributed by atoms with Crippen molar-refractivity contribution >= 4 is 29.4 Å². The third-order valence-electron chi connectivity index (χ3n) is 4.30. The highest BCUT2D eigenvalue weighted by molar-refractivity contribution is 6.33. The lowest BCUT2D eigenvalue weighted by molar-refractivity contribution is 0.0734. The van der Waals surface area contributed by atoms with E-state index in [1.54, 1.807) is 72.8 Å². The highest BCUT2D eigenvalue weighted by atomic mass is 35.5. The zero-order valence-corrected chi connectivity index (χ0v) is 17.2. The fourth-order valence-electron chi connectivity index (χ4n) is 2.75. The van der Waals surface area contributed by atoms with Crippen LogP contribution in [0.25, 0.3) is 6.08 Å². The van der Waals surface area contributed by atoms with Gasteiger partial charge in [0.05, 0.1) is 30.4 Å². The molecule has 5 nitrogen and oxygen atoms in total. The van der Waals surface area contributed by atoms with Crippen molar-refractivity contribution in [2.45, 2.75) is 0 Å². The lowest BCUT2D eigenvalue weighted by atomic mass is 10.1. The zero-order valence-electron chi connectivity index (χ0n) is 16.4. The van der Waals surface area contributed by atoms with Crippen LogP contribution in [0.4, 0.5) is 0 Å². The quantitative estimate of drug-likeness (QED) is 0.218. The van der Waals surface area contributed by atoms with Crippen LogP contribution in [-0.4, -0.2) is 26.0 Å². The zero-order chi connectivity index (χ0) is 21.5. The number of ketones is 1. The summed E-state index contributed by atoms with van der Waals surface area (Å²) in [6, 6.07) is 18.5. The molecule has 0 aliphatic rings. The van der Waals surface area contributed by atoms with Gasteiger partial charge >= 0.3 is 5.97 Å². The number of halogens is 1. The van der Waals surface area contributed by atoms with E-state index in [0.29, 0.717) is 33.4 Å². The lowest BCUT2D eigenvalue weighted by Crippen LogP contribution is -2.09. The molecule has 0 fully saturated rings. The van der Waals surface area contributed by atoms with Crippen LogP contribution in [0.3, 0.4) is 0 Å². The number of carbonyl (C=O) groups excluding carboxylic acids is 2. The molecule has 3 aromatic rings. The number of para-hydroxylation sites is 1. The first-order chi connectivity index (χ1) is 14.5. The van der Waals surface area contributed by atoms with Crippen LogP contribution in [0.1, 0.15) is 26.3 Å². The van der Waals surface area contributed by atoms with E-state index >= 15 is 0 Å². The van der Waals surface area contributed by atoms with E-state index in [9.17, 15) is 9.59 Å². The minimum atomic E-state index is -0.581. The van der Waals surface area contributed by atoms with Crippen molar-refractivity contribution in [3.63, 3.8) is 0 Å². The average Bonchev–Trinajstić information content (AvgIpc) is 2.78. The van der Waals surface area contributed by atoms with Gasteiger partial charge < -0.3 is 14.2 Å². The summed E-state index contributed by atoms with van der Waals surface area (Å²) in [5.74, 6) is 0.426. The highest BCUT2D eigenvalue weighted by Gasteiger charge is 2.15. The van der Waals surface area contributed by atoms with Crippen LogP contribution in [-0.2, 0) is 0 Å². The third kappa shape index (κ3) is 4.88. The largest absolute Gasteiger partial charge is 0.497 e. The molecule has 0 amide bonds. The summed E-state index contributed by atoms with van der Waals surface area (Å²) in [6.07, 6.45) is 2.97. The van der Waals surface area contributed by atoms with Crippen LogP contribution in [0.5, 0.6) is 17.2 Å². The fourth-order valence-corrected chi connectivity index (χ4v) is 2.97. The predicted octanol–water partition coefficient (Wildman–Crippen LogP) is 5.47. The van der Waals surface area contributed by atoms with Gasteiger partial charge in [-0.25, -0.2) is 4.79 Å². The van der Waals surface area contributed by atoms with Gasteiger partial charge in [0.2, 0.25) is 0 Å². The van der Waals surface area contributed by atoms with Crippen LogP contribution in [0.15, 0.2) is 72.8 Å². The number of carbonyl (C=O) groups is 2. The van der Waals surface area contributed by atoms with E-state index in [-0.39, 0.29) is 11.3 Å². The Morgan fingerprint density at radius 1 is 0.833 bits per heavy atom.